The third-order valence-electron chi connectivity index (χ3n) is 4.54. The number of carbonyl (C=O) groups excluding carboxylic acids is 1. The number of nitrogens with one attached hydrogen (secondary N) is 1. The van der Waals surface area contributed by atoms with Gasteiger partial charge in [0.15, 0.2) is 5.16 Å². The summed E-state index contributed by atoms with van der Waals surface area (Å²) in [5.41, 5.74) is 0.984. The van der Waals surface area contributed by atoms with Crippen molar-refractivity contribution >= 4 is 34.3 Å². The van der Waals surface area contributed by atoms with Crippen LogP contribution >= 0.6 is 11.8 Å². The molecule has 0 saturated carbocycles. The fourth-order valence-electron chi connectivity index (χ4n) is 3.07. The Morgan fingerprint density at radius 1 is 1.00 bits per heavy atom. The van der Waals surface area contributed by atoms with Gasteiger partial charge in [-0.05, 0) is 29.8 Å². The molecular formula is C23H17F2N3O2S. The molecule has 31 heavy (non-hydrogen) atoms. The number of halogens is 2. The molecule has 1 heterocycles. The van der Waals surface area contributed by atoms with Crippen LogP contribution in [0.5, 0.6) is 0 Å². The fraction of sp³-hybridized carbons (Fsp3) is 0.0870. The number of rotatable bonds is 6. The second-order valence-corrected chi connectivity index (χ2v) is 7.69. The largest absolute Gasteiger partial charge is 0.323 e. The van der Waals surface area contributed by atoms with Crippen LogP contribution in [0.1, 0.15) is 5.56 Å². The fourth-order valence-corrected chi connectivity index (χ4v) is 3.87. The average Bonchev–Trinajstić information content (AvgIpc) is 2.78. The van der Waals surface area contributed by atoms with Gasteiger partial charge in [-0.25, -0.2) is 13.8 Å². The quantitative estimate of drug-likeness (QED) is 0.358. The van der Waals surface area contributed by atoms with Crippen LogP contribution in [-0.4, -0.2) is 21.2 Å². The smallest absolute Gasteiger partial charge is 0.262 e. The number of benzene rings is 3. The molecule has 4 rings (SSSR count). The molecule has 0 spiro atoms. The maximum Gasteiger partial charge on any atom is 0.262 e. The maximum absolute atomic E-state index is 13.8. The number of anilines is 1. The first-order valence-electron chi connectivity index (χ1n) is 9.42. The lowest BCUT2D eigenvalue weighted by Crippen LogP contribution is -2.25. The Hall–Kier alpha value is -3.52. The van der Waals surface area contributed by atoms with Crippen molar-refractivity contribution in [2.24, 2.45) is 0 Å². The van der Waals surface area contributed by atoms with Crippen LogP contribution in [0.3, 0.4) is 0 Å². The second kappa shape index (κ2) is 9.09. The van der Waals surface area contributed by atoms with Gasteiger partial charge in [0.2, 0.25) is 5.91 Å². The first-order chi connectivity index (χ1) is 15.0. The van der Waals surface area contributed by atoms with Crippen molar-refractivity contribution in [2.45, 2.75) is 11.7 Å². The number of aromatic nitrogens is 2. The predicted molar refractivity (Wildman–Crippen MR) is 117 cm³/mol. The molecule has 1 amide bonds. The van der Waals surface area contributed by atoms with Gasteiger partial charge < -0.3 is 5.32 Å². The van der Waals surface area contributed by atoms with E-state index >= 15 is 0 Å². The number of hydrogen-bond donors (Lipinski definition) is 1. The zero-order valence-electron chi connectivity index (χ0n) is 16.2. The Morgan fingerprint density at radius 3 is 2.55 bits per heavy atom. The molecule has 0 aliphatic carbocycles. The first kappa shape index (κ1) is 20.7. The lowest BCUT2D eigenvalue weighted by Gasteiger charge is -2.13. The normalized spacial score (nSPS) is 10.9. The van der Waals surface area contributed by atoms with Crippen molar-refractivity contribution in [3.8, 4) is 0 Å². The summed E-state index contributed by atoms with van der Waals surface area (Å²) in [5.74, 6) is -2.06. The number of hydrogen-bond acceptors (Lipinski definition) is 4. The van der Waals surface area contributed by atoms with Gasteiger partial charge in [0, 0.05) is 6.07 Å². The van der Waals surface area contributed by atoms with Crippen LogP contribution in [0.2, 0.25) is 0 Å². The SMILES string of the molecule is O=C(CSc1nc2ccccc2c(=O)n1Cc1ccccc1)Nc1cc(F)ccc1F. The standard InChI is InChI=1S/C23H17F2N3O2S/c24-16-10-11-18(25)20(12-16)26-21(29)14-31-23-27-19-9-5-4-8-17(19)22(30)28(23)13-15-6-2-1-3-7-15/h1-12H,13-14H2,(H,26,29). The monoisotopic (exact) mass is 437 g/mol. The van der Waals surface area contributed by atoms with Gasteiger partial charge >= 0.3 is 0 Å². The number of fused-ring (bicyclic) bond motifs is 1. The third kappa shape index (κ3) is 4.80. The summed E-state index contributed by atoms with van der Waals surface area (Å²) in [6.45, 7) is 0.292. The van der Waals surface area contributed by atoms with Gasteiger partial charge in [-0.2, -0.15) is 0 Å². The van der Waals surface area contributed by atoms with Gasteiger partial charge in [0.1, 0.15) is 11.6 Å². The topological polar surface area (TPSA) is 64.0 Å². The van der Waals surface area contributed by atoms with Gasteiger partial charge in [-0.3, -0.25) is 14.2 Å². The van der Waals surface area contributed by atoms with Crippen molar-refractivity contribution in [1.29, 1.82) is 0 Å². The molecule has 8 heteroatoms. The minimum atomic E-state index is -0.732. The van der Waals surface area contributed by atoms with E-state index in [-0.39, 0.29) is 17.0 Å². The van der Waals surface area contributed by atoms with E-state index in [0.717, 1.165) is 35.5 Å². The third-order valence-corrected chi connectivity index (χ3v) is 5.52. The van der Waals surface area contributed by atoms with E-state index < -0.39 is 17.5 Å². The molecule has 1 N–H and O–H groups in total. The molecule has 0 aliphatic rings. The highest BCUT2D eigenvalue weighted by atomic mass is 32.2. The number of amides is 1. The molecule has 3 aromatic carbocycles. The number of carbonyl (C=O) groups is 1. The van der Waals surface area contributed by atoms with Crippen molar-refractivity contribution in [2.75, 3.05) is 11.1 Å². The van der Waals surface area contributed by atoms with E-state index in [1.807, 2.05) is 30.3 Å². The molecule has 5 nitrogen and oxygen atoms in total. The molecule has 4 aromatic rings. The lowest BCUT2D eigenvalue weighted by molar-refractivity contribution is -0.113. The van der Waals surface area contributed by atoms with Crippen LogP contribution in [0, 0.1) is 11.6 Å². The highest BCUT2D eigenvalue weighted by Gasteiger charge is 2.15. The summed E-state index contributed by atoms with van der Waals surface area (Å²) in [7, 11) is 0. The van der Waals surface area contributed by atoms with E-state index in [1.165, 1.54) is 4.57 Å². The summed E-state index contributed by atoms with van der Waals surface area (Å²) < 4.78 is 28.6. The van der Waals surface area contributed by atoms with Crippen molar-refractivity contribution < 1.29 is 13.6 Å². The number of para-hydroxylation sites is 1. The first-order valence-corrected chi connectivity index (χ1v) is 10.4. The lowest BCUT2D eigenvalue weighted by atomic mass is 10.2. The zero-order valence-corrected chi connectivity index (χ0v) is 17.0. The van der Waals surface area contributed by atoms with E-state index in [4.69, 9.17) is 0 Å². The summed E-state index contributed by atoms with van der Waals surface area (Å²) >= 11 is 1.06. The van der Waals surface area contributed by atoms with Crippen molar-refractivity contribution in [3.05, 3.63) is 100 Å². The van der Waals surface area contributed by atoms with Crippen molar-refractivity contribution in [1.82, 2.24) is 9.55 Å². The Bertz CT molecular complexity index is 1310. The van der Waals surface area contributed by atoms with Crippen LogP contribution in [0.4, 0.5) is 14.5 Å². The molecule has 0 atom stereocenters. The highest BCUT2D eigenvalue weighted by Crippen LogP contribution is 2.20. The predicted octanol–water partition coefficient (Wildman–Crippen LogP) is 4.45. The minimum absolute atomic E-state index is 0.129. The van der Waals surface area contributed by atoms with Gasteiger partial charge in [-0.1, -0.05) is 54.2 Å². The molecular weight excluding hydrogens is 420 g/mol. The summed E-state index contributed by atoms with van der Waals surface area (Å²) in [4.78, 5) is 30.0. The summed E-state index contributed by atoms with van der Waals surface area (Å²) in [6, 6.07) is 19.3. The van der Waals surface area contributed by atoms with Crippen LogP contribution in [-0.2, 0) is 11.3 Å². The highest BCUT2D eigenvalue weighted by molar-refractivity contribution is 7.99. The van der Waals surface area contributed by atoms with E-state index in [2.05, 4.69) is 10.3 Å². The summed E-state index contributed by atoms with van der Waals surface area (Å²) in [6.07, 6.45) is 0. The molecule has 1 aromatic heterocycles. The molecule has 0 fully saturated rings. The van der Waals surface area contributed by atoms with E-state index in [0.29, 0.717) is 22.6 Å². The summed E-state index contributed by atoms with van der Waals surface area (Å²) in [5, 5.41) is 3.20. The zero-order chi connectivity index (χ0) is 21.8. The van der Waals surface area contributed by atoms with Gasteiger partial charge in [-0.15, -0.1) is 0 Å². The average molecular weight is 437 g/mol. The van der Waals surface area contributed by atoms with Gasteiger partial charge in [0.25, 0.3) is 5.56 Å². The Morgan fingerprint density at radius 2 is 1.74 bits per heavy atom. The van der Waals surface area contributed by atoms with Gasteiger partial charge in [0.05, 0.1) is 28.9 Å². The molecule has 0 saturated heterocycles. The Balaban J connectivity index is 1.61. The molecule has 0 bridgehead atoms. The van der Waals surface area contributed by atoms with E-state index in [9.17, 15) is 18.4 Å². The van der Waals surface area contributed by atoms with Crippen LogP contribution in [0.25, 0.3) is 10.9 Å². The number of thioether (sulfide) groups is 1. The van der Waals surface area contributed by atoms with Crippen LogP contribution in [0.15, 0.2) is 82.7 Å². The Kier molecular flexibility index (Phi) is 6.08. The second-order valence-electron chi connectivity index (χ2n) is 6.75. The van der Waals surface area contributed by atoms with Crippen LogP contribution < -0.4 is 10.9 Å². The minimum Gasteiger partial charge on any atom is -0.323 e. The van der Waals surface area contributed by atoms with E-state index in [1.54, 1.807) is 24.3 Å². The molecule has 0 radical (unpaired) electrons. The molecule has 0 unspecified atom stereocenters. The number of nitrogens with zero attached hydrogens (tertiary/aromatic N) is 2. The molecule has 0 aliphatic heterocycles. The maximum atomic E-state index is 13.8. The van der Waals surface area contributed by atoms with Crippen molar-refractivity contribution in [3.63, 3.8) is 0 Å². The Labute approximate surface area is 180 Å². The molecule has 156 valence electrons.